The fraction of sp³-hybridized carbons (Fsp3) is 0.526. The van der Waals surface area contributed by atoms with Gasteiger partial charge in [0, 0.05) is 28.8 Å². The number of aryl methyl sites for hydroxylation is 1. The smallest absolute Gasteiger partial charge is 0.344 e. The summed E-state index contributed by atoms with van der Waals surface area (Å²) in [5.74, 6) is -1.30. The molecule has 1 aliphatic carbocycles. The zero-order valence-electron chi connectivity index (χ0n) is 16.3. The lowest BCUT2D eigenvalue weighted by atomic mass is 9.81. The number of aromatic nitrogens is 3. The third kappa shape index (κ3) is 3.33. The fourth-order valence-corrected chi connectivity index (χ4v) is 4.78. The van der Waals surface area contributed by atoms with Crippen LogP contribution in [0.2, 0.25) is 0 Å². The van der Waals surface area contributed by atoms with Crippen molar-refractivity contribution in [3.8, 4) is 0 Å². The van der Waals surface area contributed by atoms with Crippen LogP contribution in [0.1, 0.15) is 61.5 Å². The zero-order chi connectivity index (χ0) is 20.8. The highest BCUT2D eigenvalue weighted by atomic mass is 32.2. The van der Waals surface area contributed by atoms with Gasteiger partial charge < -0.3 is 9.66 Å². The predicted octanol–water partition coefficient (Wildman–Crippen LogP) is 2.25. The lowest BCUT2D eigenvalue weighted by Gasteiger charge is -2.32. The summed E-state index contributed by atoms with van der Waals surface area (Å²) in [6.45, 7) is 4.85. The average molecular weight is 405 g/mol. The highest BCUT2D eigenvalue weighted by molar-refractivity contribution is 7.90. The second kappa shape index (κ2) is 7.29. The van der Waals surface area contributed by atoms with Crippen molar-refractivity contribution in [3.05, 3.63) is 27.7 Å². The van der Waals surface area contributed by atoms with Crippen molar-refractivity contribution in [2.24, 2.45) is 5.41 Å². The normalized spacial score (nSPS) is 23.1. The van der Waals surface area contributed by atoms with Crippen molar-refractivity contribution in [1.29, 1.82) is 0 Å². The molecule has 2 heterocycles. The molecule has 0 aliphatic heterocycles. The van der Waals surface area contributed by atoms with Gasteiger partial charge in [0.15, 0.2) is 11.4 Å². The standard InChI is InChI=1S/C19H23N3O5S/c1-10-12-9-20-18(28(4)27)21-16(12)22(17(26)15(10)11(2)23)13-6-5-7-19(13,3)8-14(24)25/h9,13H,5-8H2,1-4H3,(H,24,25). The molecule has 0 aromatic carbocycles. The minimum atomic E-state index is -1.45. The van der Waals surface area contributed by atoms with Crippen LogP contribution in [0.5, 0.6) is 0 Å². The van der Waals surface area contributed by atoms with Crippen LogP contribution in [0.3, 0.4) is 0 Å². The molecule has 3 atom stereocenters. The van der Waals surface area contributed by atoms with Crippen LogP contribution in [0, 0.1) is 12.3 Å². The number of Topliss-reactive ketones (excluding diaryl/α,β-unsaturated/α-hetero) is 1. The Bertz CT molecular complexity index is 1030. The number of hydrogen-bond donors (Lipinski definition) is 1. The molecule has 0 spiro atoms. The van der Waals surface area contributed by atoms with Gasteiger partial charge >= 0.3 is 11.1 Å². The molecule has 0 saturated heterocycles. The van der Waals surface area contributed by atoms with Crippen LogP contribution in [0.15, 0.2) is 16.1 Å². The first-order chi connectivity index (χ1) is 13.1. The van der Waals surface area contributed by atoms with Crippen molar-refractivity contribution in [2.75, 3.05) is 6.26 Å². The summed E-state index contributed by atoms with van der Waals surface area (Å²) in [6.07, 6.45) is 4.87. The molecular formula is C19H23N3O5S. The molecule has 0 amide bonds. The maximum Gasteiger partial charge on any atom is 0.344 e. The summed E-state index contributed by atoms with van der Waals surface area (Å²) in [4.78, 5) is 45.5. The lowest BCUT2D eigenvalue weighted by Crippen LogP contribution is -2.37. The maximum absolute atomic E-state index is 13.3. The van der Waals surface area contributed by atoms with Gasteiger partial charge in [-0.2, -0.15) is 9.97 Å². The van der Waals surface area contributed by atoms with E-state index < -0.39 is 34.2 Å². The first kappa shape index (κ1) is 20.5. The minimum absolute atomic E-state index is 0.0612. The number of ketones is 1. The molecule has 3 unspecified atom stereocenters. The molecule has 1 saturated carbocycles. The third-order valence-electron chi connectivity index (χ3n) is 5.69. The Morgan fingerprint density at radius 1 is 1.46 bits per heavy atom. The van der Waals surface area contributed by atoms with Gasteiger partial charge in [0.25, 0.3) is 5.56 Å². The van der Waals surface area contributed by atoms with Crippen molar-refractivity contribution in [3.63, 3.8) is 0 Å². The number of pyridine rings is 1. The SMILES string of the molecule is CC(=O)c1c(C)c2cnc([S+](C)[O-])nc2n(C2CCCC2(C)CC(=O)O)c1=O. The van der Waals surface area contributed by atoms with Crippen LogP contribution in [-0.4, -0.2) is 42.2 Å². The van der Waals surface area contributed by atoms with Crippen LogP contribution < -0.4 is 5.56 Å². The van der Waals surface area contributed by atoms with E-state index in [4.69, 9.17) is 0 Å². The maximum atomic E-state index is 13.3. The molecule has 1 aliphatic rings. The Labute approximate surface area is 165 Å². The quantitative estimate of drug-likeness (QED) is 0.459. The van der Waals surface area contributed by atoms with Gasteiger partial charge in [-0.3, -0.25) is 19.0 Å². The molecule has 8 nitrogen and oxygen atoms in total. The molecular weight excluding hydrogens is 382 g/mol. The molecule has 150 valence electrons. The summed E-state index contributed by atoms with van der Waals surface area (Å²) in [6, 6.07) is -0.426. The fourth-order valence-electron chi connectivity index (χ4n) is 4.37. The van der Waals surface area contributed by atoms with Crippen LogP contribution in [-0.2, 0) is 16.0 Å². The van der Waals surface area contributed by atoms with Crippen molar-refractivity contribution >= 4 is 34.0 Å². The van der Waals surface area contributed by atoms with Gasteiger partial charge in [-0.15, -0.1) is 0 Å². The van der Waals surface area contributed by atoms with E-state index in [1.54, 1.807) is 6.92 Å². The van der Waals surface area contributed by atoms with Gasteiger partial charge in [-0.1, -0.05) is 13.3 Å². The van der Waals surface area contributed by atoms with Crippen molar-refractivity contribution in [2.45, 2.75) is 57.7 Å². The van der Waals surface area contributed by atoms with E-state index >= 15 is 0 Å². The number of carboxylic acid groups (broad SMARTS) is 1. The molecule has 2 aromatic heterocycles. The third-order valence-corrected chi connectivity index (χ3v) is 6.40. The van der Waals surface area contributed by atoms with E-state index in [1.807, 2.05) is 6.92 Å². The monoisotopic (exact) mass is 405 g/mol. The van der Waals surface area contributed by atoms with Crippen LogP contribution in [0.25, 0.3) is 11.0 Å². The zero-order valence-corrected chi connectivity index (χ0v) is 17.1. The van der Waals surface area contributed by atoms with E-state index in [-0.39, 0.29) is 22.9 Å². The highest BCUT2D eigenvalue weighted by Gasteiger charge is 2.43. The van der Waals surface area contributed by atoms with E-state index in [2.05, 4.69) is 9.97 Å². The predicted molar refractivity (Wildman–Crippen MR) is 104 cm³/mol. The van der Waals surface area contributed by atoms with Crippen molar-refractivity contribution in [1.82, 2.24) is 14.5 Å². The summed E-state index contributed by atoms with van der Waals surface area (Å²) in [5, 5.41) is 10.0. The van der Waals surface area contributed by atoms with Crippen molar-refractivity contribution < 1.29 is 19.2 Å². The second-order valence-corrected chi connectivity index (χ2v) is 8.98. The molecule has 1 fully saturated rings. The van der Waals surface area contributed by atoms with Gasteiger partial charge in [0.2, 0.25) is 0 Å². The highest BCUT2D eigenvalue weighted by Crippen LogP contribution is 2.49. The second-order valence-electron chi connectivity index (χ2n) is 7.71. The van der Waals surface area contributed by atoms with Gasteiger partial charge in [-0.05, 0) is 37.7 Å². The van der Waals surface area contributed by atoms with Crippen LogP contribution >= 0.6 is 0 Å². The van der Waals surface area contributed by atoms with E-state index in [0.29, 0.717) is 29.4 Å². The lowest BCUT2D eigenvalue weighted by molar-refractivity contribution is -0.140. The van der Waals surface area contributed by atoms with Crippen LogP contribution in [0.4, 0.5) is 0 Å². The summed E-state index contributed by atoms with van der Waals surface area (Å²) in [7, 11) is 0. The van der Waals surface area contributed by atoms with Gasteiger partial charge in [0.1, 0.15) is 6.26 Å². The van der Waals surface area contributed by atoms with E-state index in [9.17, 15) is 24.0 Å². The Kier molecular flexibility index (Phi) is 5.33. The van der Waals surface area contributed by atoms with E-state index in [0.717, 1.165) is 6.42 Å². The molecule has 2 aromatic rings. The summed E-state index contributed by atoms with van der Waals surface area (Å²) >= 11 is -1.45. The molecule has 3 rings (SSSR count). The number of nitrogens with zero attached hydrogens (tertiary/aromatic N) is 3. The average Bonchev–Trinajstić information content (AvgIpc) is 2.94. The Balaban J connectivity index is 2.39. The Morgan fingerprint density at radius 2 is 2.14 bits per heavy atom. The molecule has 0 radical (unpaired) electrons. The summed E-state index contributed by atoms with van der Waals surface area (Å²) in [5.41, 5.74) is -0.285. The number of carboxylic acids is 1. The van der Waals surface area contributed by atoms with Gasteiger partial charge in [0.05, 0.1) is 12.0 Å². The number of aliphatic carboxylic acids is 1. The first-order valence-corrected chi connectivity index (χ1v) is 10.6. The minimum Gasteiger partial charge on any atom is -0.609 e. The molecule has 28 heavy (non-hydrogen) atoms. The molecule has 0 bridgehead atoms. The number of fused-ring (bicyclic) bond motifs is 1. The summed E-state index contributed by atoms with van der Waals surface area (Å²) < 4.78 is 13.4. The largest absolute Gasteiger partial charge is 0.609 e. The number of carbonyl (C=O) groups excluding carboxylic acids is 1. The Morgan fingerprint density at radius 3 is 2.71 bits per heavy atom. The molecule has 9 heteroatoms. The van der Waals surface area contributed by atoms with E-state index in [1.165, 1.54) is 23.9 Å². The topological polar surface area (TPSA) is 125 Å². The number of carbonyl (C=O) groups is 2. The van der Waals surface area contributed by atoms with Gasteiger partial charge in [-0.25, -0.2) is 0 Å². The Hall–Kier alpha value is -2.26. The molecule has 1 N–H and O–H groups in total. The first-order valence-electron chi connectivity index (χ1n) is 9.05. The number of hydrogen-bond acceptors (Lipinski definition) is 6. The number of rotatable bonds is 5.